The minimum Gasteiger partial charge on any atom is -0.192 e. The molecule has 0 fully saturated rings. The Balaban J connectivity index is 2.10. The van der Waals surface area contributed by atoms with E-state index in [1.54, 1.807) is 24.3 Å². The summed E-state index contributed by atoms with van der Waals surface area (Å²) in [7, 11) is 0. The van der Waals surface area contributed by atoms with Crippen LogP contribution < -0.4 is 0 Å². The molecule has 0 aliphatic heterocycles. The van der Waals surface area contributed by atoms with Crippen LogP contribution in [-0.2, 0) is 0 Å². The van der Waals surface area contributed by atoms with Crippen LogP contribution in [0.2, 0.25) is 0 Å². The molecule has 0 radical (unpaired) electrons. The number of hydrogen-bond acceptors (Lipinski definition) is 4. The van der Waals surface area contributed by atoms with Crippen LogP contribution >= 0.6 is 0 Å². The van der Waals surface area contributed by atoms with Crippen LogP contribution in [0.3, 0.4) is 0 Å². The van der Waals surface area contributed by atoms with Gasteiger partial charge in [-0.25, -0.2) is 0 Å². The Morgan fingerprint density at radius 1 is 0.600 bits per heavy atom. The quantitative estimate of drug-likeness (QED) is 0.518. The second-order valence-corrected chi connectivity index (χ2v) is 6.66. The molecule has 0 bridgehead atoms. The van der Waals surface area contributed by atoms with Crippen LogP contribution in [0, 0.1) is 45.3 Å². The van der Waals surface area contributed by atoms with Crippen LogP contribution in [0.25, 0.3) is 28.0 Å². The third kappa shape index (κ3) is 2.93. The molecule has 4 rings (SSSR count). The molecule has 3 aromatic carbocycles. The third-order valence-electron chi connectivity index (χ3n) is 5.04. The first-order valence-electron chi connectivity index (χ1n) is 9.11. The average molecular weight is 380 g/mol. The highest BCUT2D eigenvalue weighted by Crippen LogP contribution is 2.48. The summed E-state index contributed by atoms with van der Waals surface area (Å²) in [6.07, 6.45) is 1.83. The Kier molecular flexibility index (Phi) is 4.69. The monoisotopic (exact) mass is 380 g/mol. The summed E-state index contributed by atoms with van der Waals surface area (Å²) in [6.45, 7) is 0. The van der Waals surface area contributed by atoms with E-state index >= 15 is 0 Å². The van der Waals surface area contributed by atoms with Crippen LogP contribution in [0.15, 0.2) is 83.4 Å². The normalized spacial score (nSPS) is 11.7. The predicted molar refractivity (Wildman–Crippen MR) is 115 cm³/mol. The Bertz CT molecular complexity index is 1370. The topological polar surface area (TPSA) is 95.2 Å². The lowest BCUT2D eigenvalue weighted by atomic mass is 9.94. The van der Waals surface area contributed by atoms with Crippen molar-refractivity contribution in [1.82, 2.24) is 0 Å². The number of rotatable bonds is 1. The smallest absolute Gasteiger partial charge is 0.138 e. The first-order valence-corrected chi connectivity index (χ1v) is 9.11. The third-order valence-corrected chi connectivity index (χ3v) is 5.04. The summed E-state index contributed by atoms with van der Waals surface area (Å²) in [5, 5.41) is 40.4. The molecule has 0 aromatic heterocycles. The lowest BCUT2D eigenvalue weighted by Crippen LogP contribution is -1.90. The lowest BCUT2D eigenvalue weighted by molar-refractivity contribution is 1.46. The molecule has 0 heterocycles. The van der Waals surface area contributed by atoms with Crippen LogP contribution in [-0.4, -0.2) is 0 Å². The van der Waals surface area contributed by atoms with Crippen molar-refractivity contribution < 1.29 is 0 Å². The fraction of sp³-hybridized carbons (Fsp3) is 0. The molecule has 30 heavy (non-hydrogen) atoms. The van der Waals surface area contributed by atoms with Gasteiger partial charge >= 0.3 is 0 Å². The Hall–Kier alpha value is -4.90. The molecule has 0 saturated carbocycles. The number of nitrogens with zero attached hydrogens (tertiary/aromatic N) is 4. The van der Waals surface area contributed by atoms with Crippen molar-refractivity contribution in [3.63, 3.8) is 0 Å². The number of hydrogen-bond donors (Lipinski definition) is 0. The largest absolute Gasteiger partial charge is 0.192 e. The highest BCUT2D eigenvalue weighted by Gasteiger charge is 2.31. The Morgan fingerprint density at radius 3 is 1.63 bits per heavy atom. The molecule has 0 atom stereocenters. The summed E-state index contributed by atoms with van der Waals surface area (Å²) in [4.78, 5) is 0. The maximum atomic E-state index is 9.57. The van der Waals surface area contributed by atoms with Gasteiger partial charge in [-0.2, -0.15) is 21.0 Å². The van der Waals surface area contributed by atoms with E-state index in [0.29, 0.717) is 27.8 Å². The molecular weight excluding hydrogens is 368 g/mol. The van der Waals surface area contributed by atoms with E-state index in [4.69, 9.17) is 0 Å². The molecule has 4 heteroatoms. The van der Waals surface area contributed by atoms with Gasteiger partial charge in [0.05, 0.1) is 0 Å². The minimum atomic E-state index is -0.0558. The second-order valence-electron chi connectivity index (χ2n) is 6.66. The van der Waals surface area contributed by atoms with Crippen LogP contribution in [0.4, 0.5) is 0 Å². The van der Waals surface area contributed by atoms with E-state index in [-0.39, 0.29) is 11.1 Å². The molecule has 1 aliphatic carbocycles. The van der Waals surface area contributed by atoms with Crippen LogP contribution in [0.1, 0.15) is 16.7 Å². The standard InChI is InChI=1S/C26H12N4/c27-13-20(14-28)25-22-7-3-4-8-23(22)26(21(15-29)16-30)24(25)12-17-9-10-18-5-1-2-6-19(18)11-17/h1-12H. The van der Waals surface area contributed by atoms with Crippen molar-refractivity contribution in [2.75, 3.05) is 0 Å². The van der Waals surface area contributed by atoms with Gasteiger partial charge in [-0.1, -0.05) is 60.7 Å². The fourth-order valence-electron chi connectivity index (χ4n) is 3.76. The zero-order valence-corrected chi connectivity index (χ0v) is 15.7. The van der Waals surface area contributed by atoms with Gasteiger partial charge in [0.15, 0.2) is 0 Å². The van der Waals surface area contributed by atoms with Gasteiger partial charge in [-0.05, 0) is 45.2 Å². The Morgan fingerprint density at radius 2 is 1.10 bits per heavy atom. The summed E-state index contributed by atoms with van der Waals surface area (Å²) >= 11 is 0. The van der Waals surface area contributed by atoms with Crippen molar-refractivity contribution in [3.8, 4) is 24.3 Å². The van der Waals surface area contributed by atoms with E-state index in [2.05, 4.69) is 0 Å². The number of allylic oxidation sites excluding steroid dienone is 5. The van der Waals surface area contributed by atoms with E-state index < -0.39 is 0 Å². The van der Waals surface area contributed by atoms with Crippen LogP contribution in [0.5, 0.6) is 0 Å². The molecule has 0 amide bonds. The molecule has 0 N–H and O–H groups in total. The van der Waals surface area contributed by atoms with Crippen molar-refractivity contribution in [3.05, 3.63) is 100 Å². The second kappa shape index (κ2) is 7.61. The predicted octanol–water partition coefficient (Wildman–Crippen LogP) is 5.54. The fourth-order valence-corrected chi connectivity index (χ4v) is 3.76. The van der Waals surface area contributed by atoms with Gasteiger partial charge in [0.2, 0.25) is 0 Å². The van der Waals surface area contributed by atoms with Crippen molar-refractivity contribution in [2.24, 2.45) is 0 Å². The zero-order valence-electron chi connectivity index (χ0n) is 15.7. The summed E-state index contributed by atoms with van der Waals surface area (Å²) in [5.41, 5.74) is 3.49. The van der Waals surface area contributed by atoms with Gasteiger partial charge in [0, 0.05) is 11.1 Å². The van der Waals surface area contributed by atoms with Gasteiger partial charge in [0.1, 0.15) is 35.4 Å². The van der Waals surface area contributed by atoms with Crippen molar-refractivity contribution in [2.45, 2.75) is 0 Å². The highest BCUT2D eigenvalue weighted by atomic mass is 14.4. The molecular formula is C26H12N4. The van der Waals surface area contributed by atoms with Gasteiger partial charge in [-0.3, -0.25) is 0 Å². The van der Waals surface area contributed by atoms with E-state index in [9.17, 15) is 21.0 Å². The lowest BCUT2D eigenvalue weighted by Gasteiger charge is -2.06. The van der Waals surface area contributed by atoms with Crippen molar-refractivity contribution in [1.29, 1.82) is 21.0 Å². The molecule has 1 aliphatic rings. The van der Waals surface area contributed by atoms with Gasteiger partial charge in [-0.15, -0.1) is 0 Å². The number of benzene rings is 3. The SMILES string of the molecule is N#CC(C#N)=C1C(=Cc2ccc3ccccc3c2)C(=C(C#N)C#N)c2ccccc21. The number of fused-ring (bicyclic) bond motifs is 2. The minimum absolute atomic E-state index is 0.0558. The molecule has 0 unspecified atom stereocenters. The first-order chi connectivity index (χ1) is 14.7. The average Bonchev–Trinajstić information content (AvgIpc) is 3.10. The molecule has 4 nitrogen and oxygen atoms in total. The summed E-state index contributed by atoms with van der Waals surface area (Å²) in [6, 6.07) is 28.9. The molecule has 3 aromatic rings. The van der Waals surface area contributed by atoms with Crippen molar-refractivity contribution >= 4 is 28.0 Å². The van der Waals surface area contributed by atoms with Gasteiger partial charge < -0.3 is 0 Å². The number of nitriles is 4. The Labute approximate surface area is 173 Å². The molecule has 0 saturated heterocycles. The maximum Gasteiger partial charge on any atom is 0.138 e. The summed E-state index contributed by atoms with van der Waals surface area (Å²) < 4.78 is 0. The van der Waals surface area contributed by atoms with Gasteiger partial charge in [0.25, 0.3) is 0 Å². The molecule has 0 spiro atoms. The van der Waals surface area contributed by atoms with E-state index in [1.807, 2.05) is 72.8 Å². The molecule has 136 valence electrons. The maximum absolute atomic E-state index is 9.57. The summed E-state index contributed by atoms with van der Waals surface area (Å²) in [5.74, 6) is 0. The van der Waals surface area contributed by atoms with E-state index in [1.165, 1.54) is 0 Å². The highest BCUT2D eigenvalue weighted by molar-refractivity contribution is 6.15. The van der Waals surface area contributed by atoms with E-state index in [0.717, 1.165) is 16.3 Å². The zero-order chi connectivity index (χ0) is 21.1. The first kappa shape index (κ1) is 18.5.